The second-order valence-electron chi connectivity index (χ2n) is 6.01. The molecule has 1 amide bonds. The molecule has 0 aliphatic carbocycles. The topological polar surface area (TPSA) is 61.9 Å². The van der Waals surface area contributed by atoms with Gasteiger partial charge in [-0.25, -0.2) is 4.98 Å². The molecule has 0 radical (unpaired) electrons. The van der Waals surface area contributed by atoms with Crippen molar-refractivity contribution >= 4 is 23.4 Å². The molecule has 3 aromatic rings. The van der Waals surface area contributed by atoms with Crippen LogP contribution in [0.5, 0.6) is 0 Å². The van der Waals surface area contributed by atoms with E-state index in [1.165, 1.54) is 17.3 Å². The maximum atomic E-state index is 12.8. The van der Waals surface area contributed by atoms with Crippen LogP contribution in [0.4, 0.5) is 5.69 Å². The van der Waals surface area contributed by atoms with E-state index in [1.54, 1.807) is 4.90 Å². The first-order chi connectivity index (χ1) is 12.6. The fourth-order valence-corrected chi connectivity index (χ4v) is 3.43. The largest absolute Gasteiger partial charge is 0.312 e. The van der Waals surface area contributed by atoms with Crippen LogP contribution in [-0.2, 0) is 4.79 Å². The minimum Gasteiger partial charge on any atom is -0.312 e. The molecule has 0 saturated carbocycles. The number of nitrogens with zero attached hydrogens (tertiary/aromatic N) is 3. The molecule has 3 rings (SSSR count). The maximum absolute atomic E-state index is 12.8. The highest BCUT2D eigenvalue weighted by molar-refractivity contribution is 8.00. The molecule has 5 nitrogen and oxygen atoms in total. The monoisotopic (exact) mass is 366 g/mol. The number of benzene rings is 2. The van der Waals surface area contributed by atoms with Crippen molar-refractivity contribution in [1.82, 2.24) is 15.2 Å². The van der Waals surface area contributed by atoms with Crippen molar-refractivity contribution in [2.45, 2.75) is 31.2 Å². The number of para-hydroxylation sites is 1. The van der Waals surface area contributed by atoms with Crippen molar-refractivity contribution in [3.05, 3.63) is 60.2 Å². The molecule has 0 fully saturated rings. The summed E-state index contributed by atoms with van der Waals surface area (Å²) in [7, 11) is 0. The molecule has 6 heteroatoms. The van der Waals surface area contributed by atoms with Crippen LogP contribution < -0.4 is 4.90 Å². The highest BCUT2D eigenvalue weighted by atomic mass is 32.2. The van der Waals surface area contributed by atoms with E-state index >= 15 is 0 Å². The molecule has 1 unspecified atom stereocenters. The van der Waals surface area contributed by atoms with Gasteiger partial charge in [0.05, 0.1) is 5.25 Å². The molecule has 1 heterocycles. The number of aromatic nitrogens is 3. The van der Waals surface area contributed by atoms with Gasteiger partial charge in [-0.3, -0.25) is 9.89 Å². The van der Waals surface area contributed by atoms with Gasteiger partial charge in [-0.15, -0.1) is 5.10 Å². The van der Waals surface area contributed by atoms with Crippen molar-refractivity contribution in [2.75, 3.05) is 11.4 Å². The number of aromatic amines is 1. The van der Waals surface area contributed by atoms with E-state index < -0.39 is 0 Å². The highest BCUT2D eigenvalue weighted by Gasteiger charge is 2.23. The lowest BCUT2D eigenvalue weighted by molar-refractivity contribution is -0.117. The average Bonchev–Trinajstić information content (AvgIpc) is 3.12. The highest BCUT2D eigenvalue weighted by Crippen LogP contribution is 2.25. The summed E-state index contributed by atoms with van der Waals surface area (Å²) < 4.78 is 0. The number of hydrogen-bond donors (Lipinski definition) is 1. The third-order valence-corrected chi connectivity index (χ3v) is 5.02. The molecule has 2 aromatic carbocycles. The third-order valence-electron chi connectivity index (χ3n) is 4.07. The Hall–Kier alpha value is -2.60. The predicted octanol–water partition coefficient (Wildman–Crippen LogP) is 4.31. The van der Waals surface area contributed by atoms with Crippen molar-refractivity contribution in [3.8, 4) is 11.4 Å². The quantitative estimate of drug-likeness (QED) is 0.660. The zero-order chi connectivity index (χ0) is 18.5. The van der Waals surface area contributed by atoms with Crippen molar-refractivity contribution < 1.29 is 4.79 Å². The number of nitrogens with one attached hydrogen (secondary N) is 1. The maximum Gasteiger partial charge on any atom is 0.240 e. The Balaban J connectivity index is 1.70. The lowest BCUT2D eigenvalue weighted by Crippen LogP contribution is -2.36. The molecule has 134 valence electrons. The summed E-state index contributed by atoms with van der Waals surface area (Å²) in [6.07, 6.45) is 0. The molecule has 0 spiro atoms. The van der Waals surface area contributed by atoms with E-state index in [2.05, 4.69) is 15.2 Å². The van der Waals surface area contributed by atoms with Gasteiger partial charge >= 0.3 is 0 Å². The van der Waals surface area contributed by atoms with Crippen LogP contribution in [0.1, 0.15) is 19.4 Å². The van der Waals surface area contributed by atoms with Crippen LogP contribution in [0, 0.1) is 6.92 Å². The van der Waals surface area contributed by atoms with Crippen LogP contribution in [0.3, 0.4) is 0 Å². The zero-order valence-corrected chi connectivity index (χ0v) is 16.0. The molecule has 0 bridgehead atoms. The number of amides is 1. The van der Waals surface area contributed by atoms with Crippen molar-refractivity contribution in [2.24, 2.45) is 0 Å². The molecule has 1 aromatic heterocycles. The molecular formula is C20H22N4OS. The smallest absolute Gasteiger partial charge is 0.240 e. The Labute approximate surface area is 157 Å². The molecule has 0 aliphatic heterocycles. The Morgan fingerprint density at radius 1 is 1.15 bits per heavy atom. The second kappa shape index (κ2) is 8.19. The Bertz CT molecular complexity index is 861. The van der Waals surface area contributed by atoms with E-state index in [9.17, 15) is 4.79 Å². The van der Waals surface area contributed by atoms with Gasteiger partial charge in [-0.2, -0.15) is 0 Å². The number of carbonyl (C=O) groups is 1. The normalized spacial score (nSPS) is 12.0. The number of H-pyrrole nitrogens is 1. The minimum absolute atomic E-state index is 0.0467. The lowest BCUT2D eigenvalue weighted by atomic mass is 10.1. The van der Waals surface area contributed by atoms with Gasteiger partial charge in [0.2, 0.25) is 11.1 Å². The summed E-state index contributed by atoms with van der Waals surface area (Å²) >= 11 is 1.36. The minimum atomic E-state index is -0.281. The van der Waals surface area contributed by atoms with E-state index in [0.717, 1.165) is 11.3 Å². The average molecular weight is 366 g/mol. The first-order valence-electron chi connectivity index (χ1n) is 8.61. The Kier molecular flexibility index (Phi) is 5.73. The van der Waals surface area contributed by atoms with Gasteiger partial charge in [0.25, 0.3) is 0 Å². The van der Waals surface area contributed by atoms with Gasteiger partial charge in [-0.1, -0.05) is 59.8 Å². The molecular weight excluding hydrogens is 344 g/mol. The van der Waals surface area contributed by atoms with Crippen LogP contribution in [0.2, 0.25) is 0 Å². The van der Waals surface area contributed by atoms with Gasteiger partial charge < -0.3 is 4.90 Å². The van der Waals surface area contributed by atoms with E-state index in [0.29, 0.717) is 17.5 Å². The molecule has 0 aliphatic rings. The van der Waals surface area contributed by atoms with Crippen LogP contribution in [0.15, 0.2) is 59.8 Å². The summed E-state index contributed by atoms with van der Waals surface area (Å²) in [4.78, 5) is 19.1. The van der Waals surface area contributed by atoms with Gasteiger partial charge in [0.15, 0.2) is 5.82 Å². The molecule has 1 N–H and O–H groups in total. The first-order valence-corrected chi connectivity index (χ1v) is 9.49. The number of thioether (sulfide) groups is 1. The summed E-state index contributed by atoms with van der Waals surface area (Å²) in [5, 5.41) is 7.50. The fraction of sp³-hybridized carbons (Fsp3) is 0.250. The van der Waals surface area contributed by atoms with Gasteiger partial charge in [-0.05, 0) is 32.9 Å². The van der Waals surface area contributed by atoms with Gasteiger partial charge in [0, 0.05) is 17.8 Å². The predicted molar refractivity (Wildman–Crippen MR) is 106 cm³/mol. The lowest BCUT2D eigenvalue weighted by Gasteiger charge is -2.23. The summed E-state index contributed by atoms with van der Waals surface area (Å²) in [6.45, 7) is 6.53. The number of rotatable bonds is 6. The number of anilines is 1. The summed E-state index contributed by atoms with van der Waals surface area (Å²) in [5.74, 6) is 0.757. The van der Waals surface area contributed by atoms with Crippen LogP contribution >= 0.6 is 11.8 Å². The van der Waals surface area contributed by atoms with E-state index in [1.807, 2.05) is 75.4 Å². The Morgan fingerprint density at radius 3 is 2.50 bits per heavy atom. The van der Waals surface area contributed by atoms with Crippen molar-refractivity contribution in [3.63, 3.8) is 0 Å². The van der Waals surface area contributed by atoms with Gasteiger partial charge in [0.1, 0.15) is 0 Å². The van der Waals surface area contributed by atoms with Crippen LogP contribution in [0.25, 0.3) is 11.4 Å². The van der Waals surface area contributed by atoms with Crippen LogP contribution in [-0.4, -0.2) is 32.9 Å². The summed E-state index contributed by atoms with van der Waals surface area (Å²) in [5.41, 5.74) is 3.08. The van der Waals surface area contributed by atoms with E-state index in [-0.39, 0.29) is 11.2 Å². The zero-order valence-electron chi connectivity index (χ0n) is 15.1. The fourth-order valence-electron chi connectivity index (χ4n) is 2.64. The summed E-state index contributed by atoms with van der Waals surface area (Å²) in [6, 6.07) is 17.8. The number of carbonyl (C=O) groups excluding carboxylic acids is 1. The standard InChI is InChI=1S/C20H22N4OS/c1-4-24(17-8-6-5-7-9-17)19(25)15(3)26-20-21-18(22-23-20)16-12-10-14(2)11-13-16/h5-13,15H,4H2,1-3H3,(H,21,22,23). The molecule has 1 atom stereocenters. The number of aryl methyl sites for hydroxylation is 1. The molecule has 0 saturated heterocycles. The second-order valence-corrected chi connectivity index (χ2v) is 7.32. The molecule has 26 heavy (non-hydrogen) atoms. The SMILES string of the molecule is CCN(C(=O)C(C)Sc1n[nH]c(-c2ccc(C)cc2)n1)c1ccccc1. The van der Waals surface area contributed by atoms with E-state index in [4.69, 9.17) is 0 Å². The first kappa shape index (κ1) is 18.2. The Morgan fingerprint density at radius 2 is 1.85 bits per heavy atom. The number of hydrogen-bond acceptors (Lipinski definition) is 4. The van der Waals surface area contributed by atoms with Crippen molar-refractivity contribution in [1.29, 1.82) is 0 Å². The third kappa shape index (κ3) is 4.14.